The number of benzene rings is 1. The van der Waals surface area contributed by atoms with Gasteiger partial charge < -0.3 is 20.3 Å². The van der Waals surface area contributed by atoms with E-state index < -0.39 is 5.97 Å². The third-order valence-electron chi connectivity index (χ3n) is 3.20. The van der Waals surface area contributed by atoms with Gasteiger partial charge >= 0.3 is 5.97 Å². The lowest BCUT2D eigenvalue weighted by Crippen LogP contribution is -2.12. The van der Waals surface area contributed by atoms with E-state index in [1.807, 2.05) is 0 Å². The Bertz CT molecular complexity index is 649. The van der Waals surface area contributed by atoms with E-state index >= 15 is 0 Å². The summed E-state index contributed by atoms with van der Waals surface area (Å²) in [7, 11) is 0. The van der Waals surface area contributed by atoms with Gasteiger partial charge in [0.15, 0.2) is 5.13 Å². The summed E-state index contributed by atoms with van der Waals surface area (Å²) in [6.45, 7) is 1.61. The highest BCUT2D eigenvalue weighted by Crippen LogP contribution is 2.29. The molecule has 2 aromatic rings. The topological polar surface area (TPSA) is 94.7 Å². The van der Waals surface area contributed by atoms with Crippen LogP contribution in [0.1, 0.15) is 22.3 Å². The van der Waals surface area contributed by atoms with Crippen LogP contribution in [0.2, 0.25) is 0 Å². The van der Waals surface area contributed by atoms with Crippen molar-refractivity contribution in [1.29, 1.82) is 0 Å². The SMILES string of the molecule is Nc1nc2c(CO[C@H]3CCOC3)cc(C(=O)O)cc2s1. The van der Waals surface area contributed by atoms with Gasteiger partial charge in [-0.1, -0.05) is 11.3 Å². The van der Waals surface area contributed by atoms with Crippen molar-refractivity contribution in [2.75, 3.05) is 18.9 Å². The van der Waals surface area contributed by atoms with Crippen LogP contribution in [0.3, 0.4) is 0 Å². The molecular formula is C13H14N2O4S. The van der Waals surface area contributed by atoms with E-state index in [9.17, 15) is 4.79 Å². The van der Waals surface area contributed by atoms with Crippen molar-refractivity contribution in [3.8, 4) is 0 Å². The molecule has 1 fully saturated rings. The number of anilines is 1. The Balaban J connectivity index is 1.91. The first-order chi connectivity index (χ1) is 9.63. The van der Waals surface area contributed by atoms with Crippen LogP contribution in [0.25, 0.3) is 10.2 Å². The van der Waals surface area contributed by atoms with Gasteiger partial charge in [0.05, 0.1) is 35.1 Å². The molecule has 0 bridgehead atoms. The van der Waals surface area contributed by atoms with E-state index in [1.54, 1.807) is 12.1 Å². The summed E-state index contributed by atoms with van der Waals surface area (Å²) in [6, 6.07) is 3.19. The van der Waals surface area contributed by atoms with Gasteiger partial charge in [0, 0.05) is 12.2 Å². The van der Waals surface area contributed by atoms with E-state index in [-0.39, 0.29) is 11.7 Å². The maximum absolute atomic E-state index is 11.2. The summed E-state index contributed by atoms with van der Waals surface area (Å²) in [5.74, 6) is -0.968. The largest absolute Gasteiger partial charge is 0.478 e. The fraction of sp³-hybridized carbons (Fsp3) is 0.385. The molecule has 0 spiro atoms. The summed E-state index contributed by atoms with van der Waals surface area (Å²) in [6.07, 6.45) is 0.926. The van der Waals surface area contributed by atoms with Crippen molar-refractivity contribution < 1.29 is 19.4 Å². The lowest BCUT2D eigenvalue weighted by molar-refractivity contribution is 0.0322. The Morgan fingerprint density at radius 3 is 3.15 bits per heavy atom. The van der Waals surface area contributed by atoms with Crippen molar-refractivity contribution in [3.05, 3.63) is 23.3 Å². The normalized spacial score (nSPS) is 18.7. The van der Waals surface area contributed by atoms with Gasteiger partial charge in [-0.25, -0.2) is 9.78 Å². The predicted octanol–water partition coefficient (Wildman–Crippen LogP) is 1.88. The van der Waals surface area contributed by atoms with Crippen LogP contribution in [0.15, 0.2) is 12.1 Å². The van der Waals surface area contributed by atoms with Gasteiger partial charge in [-0.2, -0.15) is 0 Å². The molecule has 6 nitrogen and oxygen atoms in total. The van der Waals surface area contributed by atoms with Gasteiger partial charge in [-0.05, 0) is 18.6 Å². The number of fused-ring (bicyclic) bond motifs is 1. The molecule has 20 heavy (non-hydrogen) atoms. The number of carboxylic acid groups (broad SMARTS) is 1. The summed E-state index contributed by atoms with van der Waals surface area (Å²) in [5, 5.41) is 9.57. The zero-order chi connectivity index (χ0) is 14.1. The van der Waals surface area contributed by atoms with Crippen molar-refractivity contribution in [2.45, 2.75) is 19.1 Å². The van der Waals surface area contributed by atoms with Gasteiger partial charge in [0.1, 0.15) is 0 Å². The zero-order valence-corrected chi connectivity index (χ0v) is 11.5. The molecule has 1 aliphatic heterocycles. The Labute approximate surface area is 119 Å². The molecule has 1 aliphatic rings. The van der Waals surface area contributed by atoms with Crippen molar-refractivity contribution in [2.24, 2.45) is 0 Å². The summed E-state index contributed by atoms with van der Waals surface area (Å²) in [4.78, 5) is 15.4. The first kappa shape index (κ1) is 13.3. The lowest BCUT2D eigenvalue weighted by atomic mass is 10.1. The minimum absolute atomic E-state index is 0.0644. The number of thiazole rings is 1. The number of hydrogen-bond donors (Lipinski definition) is 2. The van der Waals surface area contributed by atoms with Crippen LogP contribution in [0, 0.1) is 0 Å². The minimum Gasteiger partial charge on any atom is -0.478 e. The average molecular weight is 294 g/mol. The lowest BCUT2D eigenvalue weighted by Gasteiger charge is -2.10. The number of nitrogen functional groups attached to an aromatic ring is 1. The molecular weight excluding hydrogens is 280 g/mol. The van der Waals surface area contributed by atoms with E-state index in [1.165, 1.54) is 11.3 Å². The number of ether oxygens (including phenoxy) is 2. The average Bonchev–Trinajstić information content (AvgIpc) is 3.03. The molecule has 1 atom stereocenters. The first-order valence-electron chi connectivity index (χ1n) is 6.25. The quantitative estimate of drug-likeness (QED) is 0.894. The molecule has 106 valence electrons. The Hall–Kier alpha value is -1.70. The van der Waals surface area contributed by atoms with E-state index in [4.69, 9.17) is 20.3 Å². The van der Waals surface area contributed by atoms with E-state index in [0.717, 1.165) is 22.2 Å². The van der Waals surface area contributed by atoms with Crippen molar-refractivity contribution in [3.63, 3.8) is 0 Å². The van der Waals surface area contributed by atoms with Gasteiger partial charge in [-0.15, -0.1) is 0 Å². The predicted molar refractivity (Wildman–Crippen MR) is 75.0 cm³/mol. The maximum atomic E-state index is 11.2. The fourth-order valence-electron chi connectivity index (χ4n) is 2.20. The van der Waals surface area contributed by atoms with Crippen LogP contribution in [-0.2, 0) is 16.1 Å². The Kier molecular flexibility index (Phi) is 3.56. The molecule has 1 aromatic heterocycles. The monoisotopic (exact) mass is 294 g/mol. The molecule has 3 N–H and O–H groups in total. The Morgan fingerprint density at radius 2 is 2.45 bits per heavy atom. The number of carboxylic acids is 1. The molecule has 0 amide bonds. The second-order valence-electron chi connectivity index (χ2n) is 4.64. The third kappa shape index (κ3) is 2.60. The molecule has 7 heteroatoms. The number of nitrogens with two attached hydrogens (primary N) is 1. The second-order valence-corrected chi connectivity index (χ2v) is 5.70. The number of nitrogens with zero attached hydrogens (tertiary/aromatic N) is 1. The molecule has 1 saturated heterocycles. The molecule has 0 radical (unpaired) electrons. The molecule has 2 heterocycles. The highest BCUT2D eigenvalue weighted by atomic mass is 32.1. The van der Waals surface area contributed by atoms with Crippen molar-refractivity contribution in [1.82, 2.24) is 4.98 Å². The molecule has 3 rings (SSSR count). The Morgan fingerprint density at radius 1 is 1.60 bits per heavy atom. The second kappa shape index (κ2) is 5.35. The fourth-order valence-corrected chi connectivity index (χ4v) is 3.02. The highest BCUT2D eigenvalue weighted by molar-refractivity contribution is 7.22. The van der Waals surface area contributed by atoms with Gasteiger partial charge in [0.25, 0.3) is 0 Å². The zero-order valence-electron chi connectivity index (χ0n) is 10.7. The molecule has 0 unspecified atom stereocenters. The molecule has 0 saturated carbocycles. The maximum Gasteiger partial charge on any atom is 0.335 e. The minimum atomic E-state index is -0.968. The van der Waals surface area contributed by atoms with E-state index in [0.29, 0.717) is 25.0 Å². The van der Waals surface area contributed by atoms with Crippen molar-refractivity contribution >= 4 is 32.7 Å². The van der Waals surface area contributed by atoms with Gasteiger partial charge in [0.2, 0.25) is 0 Å². The summed E-state index contributed by atoms with van der Waals surface area (Å²) < 4.78 is 11.8. The van der Waals surface area contributed by atoms with Gasteiger partial charge in [-0.3, -0.25) is 0 Å². The molecule has 1 aromatic carbocycles. The van der Waals surface area contributed by atoms with Crippen LogP contribution in [-0.4, -0.2) is 35.4 Å². The highest BCUT2D eigenvalue weighted by Gasteiger charge is 2.18. The molecule has 0 aliphatic carbocycles. The standard InChI is InChI=1S/C13H14N2O4S/c14-13-15-11-8(5-19-9-1-2-18-6-9)3-7(12(16)17)4-10(11)20-13/h3-4,9H,1-2,5-6H2,(H2,14,15)(H,16,17)/t9-/m0/s1. The van der Waals surface area contributed by atoms with Crippen LogP contribution >= 0.6 is 11.3 Å². The summed E-state index contributed by atoms with van der Waals surface area (Å²) >= 11 is 1.28. The number of aromatic nitrogens is 1. The van der Waals surface area contributed by atoms with Crippen LogP contribution < -0.4 is 5.73 Å². The summed E-state index contributed by atoms with van der Waals surface area (Å²) in [5.41, 5.74) is 7.40. The van der Waals surface area contributed by atoms with Crippen LogP contribution in [0.4, 0.5) is 5.13 Å². The number of rotatable bonds is 4. The smallest absolute Gasteiger partial charge is 0.335 e. The number of hydrogen-bond acceptors (Lipinski definition) is 6. The third-order valence-corrected chi connectivity index (χ3v) is 4.03. The number of aromatic carboxylic acids is 1. The van der Waals surface area contributed by atoms with Crippen LogP contribution in [0.5, 0.6) is 0 Å². The van der Waals surface area contributed by atoms with E-state index in [2.05, 4.69) is 4.98 Å². The number of carbonyl (C=O) groups is 1. The first-order valence-corrected chi connectivity index (χ1v) is 7.06.